The molecule has 2 aromatic rings. The molecule has 1 aromatic carbocycles. The standard InChI is InChI=1S/C21H26N4O3S2/c1-14-11-15-7-5-6-10-17(15)25(14)18(26)12-28-19(27)13-29-21-24-23-20(30-21)22-16-8-3-2-4-9-16/h5-7,10,14,16H,2-4,8-9,11-13H2,1H3,(H,22,23). The zero-order valence-corrected chi connectivity index (χ0v) is 18.6. The molecule has 7 nitrogen and oxygen atoms in total. The number of carbonyl (C=O) groups is 2. The van der Waals surface area contributed by atoms with Crippen LogP contribution in [0.2, 0.25) is 0 Å². The Bertz CT molecular complexity index is 898. The van der Waals surface area contributed by atoms with E-state index < -0.39 is 5.97 Å². The van der Waals surface area contributed by atoms with Gasteiger partial charge in [0.25, 0.3) is 5.91 Å². The normalized spacial score (nSPS) is 18.8. The largest absolute Gasteiger partial charge is 0.455 e. The Kier molecular flexibility index (Phi) is 6.89. The lowest BCUT2D eigenvalue weighted by Crippen LogP contribution is -2.38. The number of nitrogens with zero attached hydrogens (tertiary/aromatic N) is 3. The molecular formula is C21H26N4O3S2. The van der Waals surface area contributed by atoms with E-state index in [9.17, 15) is 9.59 Å². The highest BCUT2D eigenvalue weighted by molar-refractivity contribution is 8.01. The average molecular weight is 447 g/mol. The summed E-state index contributed by atoms with van der Waals surface area (Å²) < 4.78 is 5.94. The first kappa shape index (κ1) is 21.1. The van der Waals surface area contributed by atoms with Gasteiger partial charge in [0.2, 0.25) is 5.13 Å². The van der Waals surface area contributed by atoms with Gasteiger partial charge in [0.05, 0.1) is 5.75 Å². The van der Waals surface area contributed by atoms with Crippen molar-refractivity contribution in [2.45, 2.75) is 61.9 Å². The van der Waals surface area contributed by atoms with Crippen molar-refractivity contribution >= 4 is 45.8 Å². The van der Waals surface area contributed by atoms with Gasteiger partial charge < -0.3 is 15.0 Å². The number of ether oxygens (including phenoxy) is 1. The summed E-state index contributed by atoms with van der Waals surface area (Å²) in [5.41, 5.74) is 2.06. The van der Waals surface area contributed by atoms with E-state index in [1.807, 2.05) is 31.2 Å². The highest BCUT2D eigenvalue weighted by Crippen LogP contribution is 2.32. The maximum atomic E-state index is 12.6. The van der Waals surface area contributed by atoms with Crippen LogP contribution in [0, 0.1) is 0 Å². The first-order chi connectivity index (χ1) is 14.6. The summed E-state index contributed by atoms with van der Waals surface area (Å²) in [5, 5.41) is 12.5. The molecule has 1 amide bonds. The second kappa shape index (κ2) is 9.78. The molecule has 160 valence electrons. The van der Waals surface area contributed by atoms with E-state index in [1.165, 1.54) is 55.2 Å². The number of esters is 1. The van der Waals surface area contributed by atoms with Crippen LogP contribution in [-0.4, -0.2) is 46.5 Å². The monoisotopic (exact) mass is 446 g/mol. The predicted molar refractivity (Wildman–Crippen MR) is 119 cm³/mol. The zero-order valence-electron chi connectivity index (χ0n) is 17.0. The Morgan fingerprint density at radius 1 is 1.23 bits per heavy atom. The van der Waals surface area contributed by atoms with E-state index in [0.29, 0.717) is 6.04 Å². The summed E-state index contributed by atoms with van der Waals surface area (Å²) in [6.45, 7) is 1.76. The fourth-order valence-corrected chi connectivity index (χ4v) is 5.69. The second-order valence-electron chi connectivity index (χ2n) is 7.75. The molecule has 0 bridgehead atoms. The molecule has 1 aromatic heterocycles. The molecule has 1 aliphatic carbocycles. The summed E-state index contributed by atoms with van der Waals surface area (Å²) >= 11 is 2.74. The zero-order chi connectivity index (χ0) is 20.9. The van der Waals surface area contributed by atoms with E-state index in [4.69, 9.17) is 4.74 Å². The van der Waals surface area contributed by atoms with Crippen molar-refractivity contribution in [3.63, 3.8) is 0 Å². The van der Waals surface area contributed by atoms with E-state index in [2.05, 4.69) is 15.5 Å². The first-order valence-corrected chi connectivity index (χ1v) is 12.2. The second-order valence-corrected chi connectivity index (χ2v) is 9.95. The van der Waals surface area contributed by atoms with Gasteiger partial charge in [0.1, 0.15) is 0 Å². The number of fused-ring (bicyclic) bond motifs is 1. The van der Waals surface area contributed by atoms with Crippen LogP contribution < -0.4 is 10.2 Å². The van der Waals surface area contributed by atoms with Gasteiger partial charge >= 0.3 is 5.97 Å². The molecule has 1 saturated carbocycles. The smallest absolute Gasteiger partial charge is 0.316 e. The average Bonchev–Trinajstić information content (AvgIpc) is 3.34. The number of carbonyl (C=O) groups excluding carboxylic acids is 2. The SMILES string of the molecule is CC1Cc2ccccc2N1C(=O)COC(=O)CSc1nnc(NC2CCCCC2)s1. The summed E-state index contributed by atoms with van der Waals surface area (Å²) in [6.07, 6.45) is 6.98. The third-order valence-corrected chi connectivity index (χ3v) is 7.45. The predicted octanol–water partition coefficient (Wildman–Crippen LogP) is 3.90. The molecule has 1 fully saturated rings. The molecule has 30 heavy (non-hydrogen) atoms. The molecule has 0 saturated heterocycles. The highest BCUT2D eigenvalue weighted by atomic mass is 32.2. The van der Waals surface area contributed by atoms with Crippen molar-refractivity contribution in [1.29, 1.82) is 0 Å². The molecule has 1 atom stereocenters. The maximum Gasteiger partial charge on any atom is 0.316 e. The fourth-order valence-electron chi connectivity index (χ4n) is 4.07. The molecule has 2 aliphatic rings. The molecule has 9 heteroatoms. The molecule has 4 rings (SSSR count). The van der Waals surface area contributed by atoms with Crippen molar-refractivity contribution in [2.75, 3.05) is 22.6 Å². The van der Waals surface area contributed by atoms with Crippen LogP contribution in [-0.2, 0) is 20.7 Å². The van der Waals surface area contributed by atoms with Crippen LogP contribution in [0.4, 0.5) is 10.8 Å². The van der Waals surface area contributed by atoms with Gasteiger partial charge in [-0.1, -0.05) is 60.6 Å². The quantitative estimate of drug-likeness (QED) is 0.510. The lowest BCUT2D eigenvalue weighted by atomic mass is 9.96. The first-order valence-electron chi connectivity index (χ1n) is 10.4. The number of hydrogen-bond donors (Lipinski definition) is 1. The number of thioether (sulfide) groups is 1. The number of benzene rings is 1. The number of amides is 1. The van der Waals surface area contributed by atoms with Crippen molar-refractivity contribution in [2.24, 2.45) is 0 Å². The summed E-state index contributed by atoms with van der Waals surface area (Å²) in [5.74, 6) is -0.511. The van der Waals surface area contributed by atoms with Gasteiger partial charge in [-0.3, -0.25) is 9.59 Å². The van der Waals surface area contributed by atoms with Crippen LogP contribution in [0.5, 0.6) is 0 Å². The highest BCUT2D eigenvalue weighted by Gasteiger charge is 2.31. The Morgan fingerprint density at radius 2 is 2.03 bits per heavy atom. The molecule has 2 heterocycles. The van der Waals surface area contributed by atoms with E-state index >= 15 is 0 Å². The number of anilines is 2. The van der Waals surface area contributed by atoms with Crippen molar-refractivity contribution in [1.82, 2.24) is 10.2 Å². The maximum absolute atomic E-state index is 12.6. The van der Waals surface area contributed by atoms with E-state index in [0.717, 1.165) is 27.1 Å². The van der Waals surface area contributed by atoms with Crippen LogP contribution in [0.1, 0.15) is 44.6 Å². The number of hydrogen-bond acceptors (Lipinski definition) is 8. The summed E-state index contributed by atoms with van der Waals surface area (Å²) in [7, 11) is 0. The van der Waals surface area contributed by atoms with Gasteiger partial charge in [-0.25, -0.2) is 0 Å². The van der Waals surface area contributed by atoms with Gasteiger partial charge in [0, 0.05) is 17.8 Å². The third kappa shape index (κ3) is 5.13. The topological polar surface area (TPSA) is 84.4 Å². The van der Waals surface area contributed by atoms with Crippen molar-refractivity contribution in [3.05, 3.63) is 29.8 Å². The lowest BCUT2D eigenvalue weighted by Gasteiger charge is -2.22. The Balaban J connectivity index is 1.21. The molecule has 0 radical (unpaired) electrons. The minimum Gasteiger partial charge on any atom is -0.455 e. The van der Waals surface area contributed by atoms with Crippen LogP contribution in [0.15, 0.2) is 28.6 Å². The lowest BCUT2D eigenvalue weighted by molar-refractivity contribution is -0.145. The van der Waals surface area contributed by atoms with E-state index in [-0.39, 0.29) is 24.3 Å². The third-order valence-electron chi connectivity index (χ3n) is 5.49. The molecular weight excluding hydrogens is 420 g/mol. The Labute approximate surface area is 184 Å². The summed E-state index contributed by atoms with van der Waals surface area (Å²) in [6, 6.07) is 8.39. The van der Waals surface area contributed by atoms with Gasteiger partial charge in [0.15, 0.2) is 10.9 Å². The van der Waals surface area contributed by atoms with Crippen LogP contribution in [0.3, 0.4) is 0 Å². The number of rotatable bonds is 7. The van der Waals surface area contributed by atoms with Gasteiger partial charge in [-0.2, -0.15) is 0 Å². The van der Waals surface area contributed by atoms with Crippen molar-refractivity contribution < 1.29 is 14.3 Å². The van der Waals surface area contributed by atoms with Gasteiger partial charge in [-0.05, 0) is 37.8 Å². The number of para-hydroxylation sites is 1. The number of nitrogens with one attached hydrogen (secondary N) is 1. The molecule has 0 spiro atoms. The van der Waals surface area contributed by atoms with Crippen LogP contribution in [0.25, 0.3) is 0 Å². The minimum absolute atomic E-state index is 0.0689. The Hall–Kier alpha value is -2.13. The van der Waals surface area contributed by atoms with Gasteiger partial charge in [-0.15, -0.1) is 10.2 Å². The number of aromatic nitrogens is 2. The van der Waals surface area contributed by atoms with E-state index in [1.54, 1.807) is 4.90 Å². The van der Waals surface area contributed by atoms with Crippen LogP contribution >= 0.6 is 23.1 Å². The summed E-state index contributed by atoms with van der Waals surface area (Å²) in [4.78, 5) is 26.4. The molecule has 1 N–H and O–H groups in total. The Morgan fingerprint density at radius 3 is 2.87 bits per heavy atom. The minimum atomic E-state index is -0.425. The molecule has 1 aliphatic heterocycles. The molecule has 1 unspecified atom stereocenters. The fraction of sp³-hybridized carbons (Fsp3) is 0.524. The van der Waals surface area contributed by atoms with Crippen molar-refractivity contribution in [3.8, 4) is 0 Å².